The molecule has 5 heteroatoms. The van der Waals surface area contributed by atoms with Gasteiger partial charge in [0.05, 0.1) is 24.8 Å². The predicted molar refractivity (Wildman–Crippen MR) is 96.1 cm³/mol. The highest BCUT2D eigenvalue weighted by Crippen LogP contribution is 2.24. The fraction of sp³-hybridized carbons (Fsp3) is 0.150. The predicted octanol–water partition coefficient (Wildman–Crippen LogP) is 3.07. The maximum atomic E-state index is 12.6. The molecule has 3 rings (SSSR count). The molecule has 0 saturated carbocycles. The highest BCUT2D eigenvalue weighted by molar-refractivity contribution is 6.29. The summed E-state index contributed by atoms with van der Waals surface area (Å²) >= 11 is 0. The molecular formula is C20H18N2O3. The Morgan fingerprint density at radius 2 is 1.80 bits per heavy atom. The number of benzene rings is 2. The summed E-state index contributed by atoms with van der Waals surface area (Å²) in [5.41, 5.74) is 2.51. The number of imide groups is 1. The second-order valence-electron chi connectivity index (χ2n) is 5.66. The molecule has 25 heavy (non-hydrogen) atoms. The van der Waals surface area contributed by atoms with Gasteiger partial charge in [0.1, 0.15) is 5.75 Å². The zero-order valence-electron chi connectivity index (χ0n) is 14.1. The first kappa shape index (κ1) is 16.6. The van der Waals surface area contributed by atoms with Crippen LogP contribution in [0.15, 0.2) is 65.3 Å². The number of para-hydroxylation sites is 1. The molecule has 0 saturated heterocycles. The van der Waals surface area contributed by atoms with Crippen molar-refractivity contribution in [3.8, 4) is 5.75 Å². The lowest BCUT2D eigenvalue weighted by molar-refractivity contribution is -0.141. The number of hydrogen-bond acceptors (Lipinski definition) is 4. The smallest absolute Gasteiger partial charge is 0.283 e. The first-order valence-electron chi connectivity index (χ1n) is 7.91. The molecule has 0 fully saturated rings. The number of methoxy groups -OCH3 is 1. The quantitative estimate of drug-likeness (QED) is 0.808. The van der Waals surface area contributed by atoms with E-state index in [2.05, 4.69) is 5.10 Å². The van der Waals surface area contributed by atoms with Crippen LogP contribution in [0, 0.1) is 0 Å². The normalized spacial score (nSPS) is 15.4. The van der Waals surface area contributed by atoms with Crippen LogP contribution < -0.4 is 4.74 Å². The molecule has 0 aromatic heterocycles. The van der Waals surface area contributed by atoms with Crippen LogP contribution in [-0.2, 0) is 16.0 Å². The van der Waals surface area contributed by atoms with E-state index in [1.807, 2.05) is 54.6 Å². The SMILES string of the molecule is COc1ccccc1/C=C1\C(=O)N(C(=O)Cc2ccccc2)N=C1C. The van der Waals surface area contributed by atoms with Gasteiger partial charge in [-0.2, -0.15) is 10.1 Å². The molecule has 0 N–H and O–H groups in total. The largest absolute Gasteiger partial charge is 0.496 e. The molecule has 1 aliphatic heterocycles. The van der Waals surface area contributed by atoms with Crippen molar-refractivity contribution in [1.29, 1.82) is 0 Å². The lowest BCUT2D eigenvalue weighted by Crippen LogP contribution is -2.30. The number of ether oxygens (including phenoxy) is 1. The average Bonchev–Trinajstić information content (AvgIpc) is 2.91. The van der Waals surface area contributed by atoms with Crippen molar-refractivity contribution < 1.29 is 14.3 Å². The third-order valence-corrected chi connectivity index (χ3v) is 3.94. The minimum absolute atomic E-state index is 0.130. The summed E-state index contributed by atoms with van der Waals surface area (Å²) in [4.78, 5) is 25.1. The van der Waals surface area contributed by atoms with Crippen molar-refractivity contribution in [3.05, 3.63) is 71.3 Å². The molecule has 0 aliphatic carbocycles. The van der Waals surface area contributed by atoms with E-state index >= 15 is 0 Å². The van der Waals surface area contributed by atoms with Gasteiger partial charge in [-0.15, -0.1) is 0 Å². The number of hydrogen-bond donors (Lipinski definition) is 0. The van der Waals surface area contributed by atoms with Crippen molar-refractivity contribution >= 4 is 23.6 Å². The van der Waals surface area contributed by atoms with Crippen molar-refractivity contribution in [2.45, 2.75) is 13.3 Å². The second kappa shape index (κ2) is 7.13. The fourth-order valence-electron chi connectivity index (χ4n) is 2.64. The monoisotopic (exact) mass is 334 g/mol. The maximum absolute atomic E-state index is 12.6. The van der Waals surface area contributed by atoms with Crippen LogP contribution in [0.25, 0.3) is 6.08 Å². The number of carbonyl (C=O) groups excluding carboxylic acids is 2. The molecule has 0 radical (unpaired) electrons. The van der Waals surface area contributed by atoms with Gasteiger partial charge in [-0.1, -0.05) is 48.5 Å². The molecule has 126 valence electrons. The summed E-state index contributed by atoms with van der Waals surface area (Å²) < 4.78 is 5.30. The molecule has 0 bridgehead atoms. The lowest BCUT2D eigenvalue weighted by Gasteiger charge is -2.10. The van der Waals surface area contributed by atoms with Crippen LogP contribution in [0.1, 0.15) is 18.1 Å². The number of hydrazone groups is 1. The first-order chi connectivity index (χ1) is 12.1. The van der Waals surface area contributed by atoms with Crippen molar-refractivity contribution in [1.82, 2.24) is 5.01 Å². The molecule has 0 unspecified atom stereocenters. The van der Waals surface area contributed by atoms with Crippen LogP contribution >= 0.6 is 0 Å². The Bertz CT molecular complexity index is 870. The minimum atomic E-state index is -0.413. The van der Waals surface area contributed by atoms with Crippen molar-refractivity contribution in [2.24, 2.45) is 5.10 Å². The number of rotatable bonds is 4. The van der Waals surface area contributed by atoms with Crippen LogP contribution in [0.4, 0.5) is 0 Å². The Balaban J connectivity index is 1.84. The van der Waals surface area contributed by atoms with Gasteiger partial charge in [0.25, 0.3) is 11.8 Å². The molecule has 0 atom stereocenters. The number of nitrogens with zero attached hydrogens (tertiary/aromatic N) is 2. The second-order valence-corrected chi connectivity index (χ2v) is 5.66. The molecular weight excluding hydrogens is 316 g/mol. The van der Waals surface area contributed by atoms with Gasteiger partial charge in [-0.05, 0) is 24.6 Å². The van der Waals surface area contributed by atoms with Crippen LogP contribution in [0.5, 0.6) is 5.75 Å². The summed E-state index contributed by atoms with van der Waals surface area (Å²) in [6, 6.07) is 16.7. The van der Waals surface area contributed by atoms with Crippen molar-refractivity contribution in [2.75, 3.05) is 7.11 Å². The first-order valence-corrected chi connectivity index (χ1v) is 7.91. The Morgan fingerprint density at radius 1 is 1.12 bits per heavy atom. The van der Waals surface area contributed by atoms with E-state index < -0.39 is 5.91 Å². The zero-order valence-corrected chi connectivity index (χ0v) is 14.1. The van der Waals surface area contributed by atoms with E-state index in [0.29, 0.717) is 17.0 Å². The summed E-state index contributed by atoms with van der Waals surface area (Å²) in [6.07, 6.45) is 1.83. The van der Waals surface area contributed by atoms with Gasteiger partial charge >= 0.3 is 0 Å². The van der Waals surface area contributed by atoms with E-state index in [-0.39, 0.29) is 12.3 Å². The van der Waals surface area contributed by atoms with E-state index in [9.17, 15) is 9.59 Å². The van der Waals surface area contributed by atoms with E-state index in [1.165, 1.54) is 0 Å². The number of carbonyl (C=O) groups is 2. The zero-order chi connectivity index (χ0) is 17.8. The van der Waals surface area contributed by atoms with Crippen LogP contribution in [0.2, 0.25) is 0 Å². The molecule has 2 amide bonds. The summed E-state index contributed by atoms with van der Waals surface area (Å²) in [5, 5.41) is 5.09. The Morgan fingerprint density at radius 3 is 2.52 bits per heavy atom. The maximum Gasteiger partial charge on any atom is 0.283 e. The lowest BCUT2D eigenvalue weighted by atomic mass is 10.1. The van der Waals surface area contributed by atoms with Crippen LogP contribution in [-0.4, -0.2) is 29.6 Å². The molecule has 0 spiro atoms. The molecule has 2 aromatic rings. The summed E-state index contributed by atoms with van der Waals surface area (Å²) in [6.45, 7) is 1.72. The van der Waals surface area contributed by atoms with Gasteiger partial charge < -0.3 is 4.74 Å². The van der Waals surface area contributed by atoms with Crippen molar-refractivity contribution in [3.63, 3.8) is 0 Å². The van der Waals surface area contributed by atoms with E-state index in [1.54, 1.807) is 20.1 Å². The van der Waals surface area contributed by atoms with Gasteiger partial charge in [-0.3, -0.25) is 9.59 Å². The third-order valence-electron chi connectivity index (χ3n) is 3.94. The highest BCUT2D eigenvalue weighted by atomic mass is 16.5. The Kier molecular flexibility index (Phi) is 4.75. The molecule has 5 nitrogen and oxygen atoms in total. The van der Waals surface area contributed by atoms with Gasteiger partial charge in [0.2, 0.25) is 0 Å². The van der Waals surface area contributed by atoms with E-state index in [4.69, 9.17) is 4.74 Å². The van der Waals surface area contributed by atoms with Gasteiger partial charge in [0.15, 0.2) is 0 Å². The fourth-order valence-corrected chi connectivity index (χ4v) is 2.64. The highest BCUT2D eigenvalue weighted by Gasteiger charge is 2.32. The van der Waals surface area contributed by atoms with Gasteiger partial charge in [0, 0.05) is 5.56 Å². The molecule has 1 aliphatic rings. The average molecular weight is 334 g/mol. The van der Waals surface area contributed by atoms with Gasteiger partial charge in [-0.25, -0.2) is 0 Å². The minimum Gasteiger partial charge on any atom is -0.496 e. The van der Waals surface area contributed by atoms with Crippen LogP contribution in [0.3, 0.4) is 0 Å². The third kappa shape index (κ3) is 3.50. The Hall–Kier alpha value is -3.21. The summed E-state index contributed by atoms with van der Waals surface area (Å²) in [7, 11) is 1.57. The Labute approximate surface area is 146 Å². The molecule has 2 aromatic carbocycles. The molecule has 1 heterocycles. The summed E-state index contributed by atoms with van der Waals surface area (Å²) in [5.74, 6) is -0.104. The van der Waals surface area contributed by atoms with E-state index in [0.717, 1.165) is 16.1 Å². The standard InChI is InChI=1S/C20H18N2O3/c1-14-17(13-16-10-6-7-11-18(16)25-2)20(24)22(21-14)19(23)12-15-8-4-3-5-9-15/h3-11,13H,12H2,1-2H3/b17-13-. The number of amides is 2. The topological polar surface area (TPSA) is 59.0 Å².